The van der Waals surface area contributed by atoms with Crippen LogP contribution in [0.4, 0.5) is 0 Å². The molecule has 2 aromatic rings. The molecule has 0 radical (unpaired) electrons. The molecule has 0 spiro atoms. The summed E-state index contributed by atoms with van der Waals surface area (Å²) in [5.41, 5.74) is 5.17. The molecule has 0 unspecified atom stereocenters. The zero-order valence-corrected chi connectivity index (χ0v) is 19.7. The summed E-state index contributed by atoms with van der Waals surface area (Å²) < 4.78 is 13.8. The summed E-state index contributed by atoms with van der Waals surface area (Å²) in [7, 11) is 1.57. The highest BCUT2D eigenvalue weighted by Gasteiger charge is 2.09. The van der Waals surface area contributed by atoms with E-state index in [0.29, 0.717) is 5.75 Å². The Labute approximate surface area is 182 Å². The molecule has 0 atom stereocenters. The van der Waals surface area contributed by atoms with Gasteiger partial charge in [-0.1, -0.05) is 15.9 Å². The van der Waals surface area contributed by atoms with Gasteiger partial charge in [0.25, 0.3) is 5.91 Å². The number of nitrogens with zero attached hydrogens (tertiary/aromatic N) is 1. The van der Waals surface area contributed by atoms with Gasteiger partial charge in [-0.05, 0) is 87.8 Å². The molecule has 0 aromatic heterocycles. The van der Waals surface area contributed by atoms with Crippen LogP contribution >= 0.6 is 54.5 Å². The molecule has 2 aromatic carbocycles. The van der Waals surface area contributed by atoms with Crippen molar-refractivity contribution in [3.63, 3.8) is 0 Å². The van der Waals surface area contributed by atoms with Crippen molar-refractivity contribution in [2.75, 3.05) is 13.7 Å². The molecular formula is C18H17Br2IN2O3. The number of rotatable bonds is 6. The lowest BCUT2D eigenvalue weighted by molar-refractivity contribution is -0.123. The summed E-state index contributed by atoms with van der Waals surface area (Å²) >= 11 is 9.09. The lowest BCUT2D eigenvalue weighted by atomic mass is 10.1. The third-order valence-electron chi connectivity index (χ3n) is 3.41. The van der Waals surface area contributed by atoms with Gasteiger partial charge in [-0.25, -0.2) is 5.43 Å². The predicted molar refractivity (Wildman–Crippen MR) is 118 cm³/mol. The van der Waals surface area contributed by atoms with Crippen LogP contribution in [0.3, 0.4) is 0 Å². The van der Waals surface area contributed by atoms with E-state index >= 15 is 0 Å². The first kappa shape index (κ1) is 21.2. The number of methoxy groups -OCH3 is 1. The topological polar surface area (TPSA) is 59.9 Å². The van der Waals surface area contributed by atoms with Gasteiger partial charge in [0.1, 0.15) is 11.5 Å². The molecule has 0 saturated carbocycles. The Kier molecular flexibility index (Phi) is 7.90. The number of halogens is 3. The Morgan fingerprint density at radius 1 is 1.19 bits per heavy atom. The maximum absolute atomic E-state index is 12.0. The van der Waals surface area contributed by atoms with E-state index in [9.17, 15) is 4.79 Å². The van der Waals surface area contributed by atoms with E-state index in [0.717, 1.165) is 35.0 Å². The van der Waals surface area contributed by atoms with E-state index in [-0.39, 0.29) is 12.5 Å². The molecule has 0 saturated heterocycles. The second kappa shape index (κ2) is 9.70. The van der Waals surface area contributed by atoms with Crippen LogP contribution < -0.4 is 14.9 Å². The van der Waals surface area contributed by atoms with Gasteiger partial charge in [0, 0.05) is 13.6 Å². The van der Waals surface area contributed by atoms with Crippen molar-refractivity contribution < 1.29 is 14.3 Å². The monoisotopic (exact) mass is 594 g/mol. The smallest absolute Gasteiger partial charge is 0.277 e. The van der Waals surface area contributed by atoms with Gasteiger partial charge in [0.05, 0.1) is 17.8 Å². The summed E-state index contributed by atoms with van der Waals surface area (Å²) in [6.45, 7) is 3.80. The Morgan fingerprint density at radius 3 is 2.46 bits per heavy atom. The number of amides is 1. The van der Waals surface area contributed by atoms with E-state index in [1.807, 2.05) is 38.1 Å². The number of benzene rings is 2. The molecule has 5 nitrogen and oxygen atoms in total. The Hall–Kier alpha value is -1.13. The molecule has 0 bridgehead atoms. The standard InChI is InChI=1S/C18H17Br2IN2O3/c1-10-4-14(21)5-11(2)17(10)26-9-16(24)23-22-8-12-6-13(19)7-15(20)18(12)25-3/h4-8H,9H2,1-3H3,(H,23,24)/b22-8+. The van der Waals surface area contributed by atoms with Crippen LogP contribution in [-0.4, -0.2) is 25.8 Å². The van der Waals surface area contributed by atoms with Crippen molar-refractivity contribution in [1.29, 1.82) is 0 Å². The first-order valence-electron chi connectivity index (χ1n) is 7.56. The van der Waals surface area contributed by atoms with Gasteiger partial charge in [-0.3, -0.25) is 4.79 Å². The molecule has 2 rings (SSSR count). The number of aryl methyl sites for hydroxylation is 2. The summed E-state index contributed by atoms with van der Waals surface area (Å²) in [6, 6.07) is 7.73. The molecule has 8 heteroatoms. The van der Waals surface area contributed by atoms with Gasteiger partial charge >= 0.3 is 0 Å². The lowest BCUT2D eigenvalue weighted by Crippen LogP contribution is -2.25. The zero-order valence-electron chi connectivity index (χ0n) is 14.4. The molecule has 1 N–H and O–H groups in total. The van der Waals surface area contributed by atoms with Crippen molar-refractivity contribution in [2.24, 2.45) is 5.10 Å². The number of carbonyl (C=O) groups excluding carboxylic acids is 1. The van der Waals surface area contributed by atoms with Crippen molar-refractivity contribution in [2.45, 2.75) is 13.8 Å². The van der Waals surface area contributed by atoms with Crippen LogP contribution in [0.25, 0.3) is 0 Å². The normalized spacial score (nSPS) is 10.8. The molecule has 1 amide bonds. The van der Waals surface area contributed by atoms with Crippen LogP contribution in [0.15, 0.2) is 38.3 Å². The van der Waals surface area contributed by atoms with E-state index < -0.39 is 0 Å². The van der Waals surface area contributed by atoms with Crippen molar-refractivity contribution in [1.82, 2.24) is 5.43 Å². The fourth-order valence-electron chi connectivity index (χ4n) is 2.36. The van der Waals surface area contributed by atoms with Gasteiger partial charge in [0.15, 0.2) is 6.61 Å². The maximum atomic E-state index is 12.0. The van der Waals surface area contributed by atoms with Crippen LogP contribution in [0.5, 0.6) is 11.5 Å². The fourth-order valence-corrected chi connectivity index (χ4v) is 4.71. The molecule has 0 fully saturated rings. The number of nitrogens with one attached hydrogen (secondary N) is 1. The Morgan fingerprint density at radius 2 is 1.85 bits per heavy atom. The minimum Gasteiger partial charge on any atom is -0.495 e. The van der Waals surface area contributed by atoms with Crippen molar-refractivity contribution in [3.8, 4) is 11.5 Å². The molecule has 0 heterocycles. The number of hydrogen-bond donors (Lipinski definition) is 1. The predicted octanol–water partition coefficient (Wildman–Crippen LogP) is 4.97. The van der Waals surface area contributed by atoms with Gasteiger partial charge in [-0.2, -0.15) is 5.10 Å². The number of ether oxygens (including phenoxy) is 2. The lowest BCUT2D eigenvalue weighted by Gasteiger charge is -2.12. The highest BCUT2D eigenvalue weighted by atomic mass is 127. The molecule has 26 heavy (non-hydrogen) atoms. The molecule has 0 aliphatic carbocycles. The maximum Gasteiger partial charge on any atom is 0.277 e. The van der Waals surface area contributed by atoms with Gasteiger partial charge in [-0.15, -0.1) is 0 Å². The highest BCUT2D eigenvalue weighted by molar-refractivity contribution is 14.1. The van der Waals surface area contributed by atoms with Gasteiger partial charge in [0.2, 0.25) is 0 Å². The average molecular weight is 596 g/mol. The largest absolute Gasteiger partial charge is 0.495 e. The van der Waals surface area contributed by atoms with E-state index in [1.165, 1.54) is 6.21 Å². The third kappa shape index (κ3) is 5.68. The van der Waals surface area contributed by atoms with Gasteiger partial charge < -0.3 is 9.47 Å². The summed E-state index contributed by atoms with van der Waals surface area (Å²) in [4.78, 5) is 12.0. The number of hydrazone groups is 1. The van der Waals surface area contributed by atoms with E-state index in [4.69, 9.17) is 9.47 Å². The molecule has 0 aliphatic heterocycles. The number of carbonyl (C=O) groups is 1. The van der Waals surface area contributed by atoms with Crippen molar-refractivity contribution >= 4 is 66.6 Å². The first-order chi connectivity index (χ1) is 12.3. The minimum atomic E-state index is -0.341. The average Bonchev–Trinajstić information content (AvgIpc) is 2.53. The molecule has 138 valence electrons. The van der Waals surface area contributed by atoms with E-state index in [1.54, 1.807) is 7.11 Å². The third-order valence-corrected chi connectivity index (χ3v) is 5.08. The minimum absolute atomic E-state index is 0.112. The Balaban J connectivity index is 1.99. The molecule has 0 aliphatic rings. The van der Waals surface area contributed by atoms with Crippen LogP contribution in [-0.2, 0) is 4.79 Å². The summed E-state index contributed by atoms with van der Waals surface area (Å²) in [5.74, 6) is 1.02. The van der Waals surface area contributed by atoms with Crippen LogP contribution in [0.2, 0.25) is 0 Å². The first-order valence-corrected chi connectivity index (χ1v) is 10.2. The highest BCUT2D eigenvalue weighted by Crippen LogP contribution is 2.31. The zero-order chi connectivity index (χ0) is 19.3. The second-order valence-electron chi connectivity index (χ2n) is 5.46. The summed E-state index contributed by atoms with van der Waals surface area (Å²) in [5, 5.41) is 3.98. The SMILES string of the molecule is COc1c(Br)cc(Br)cc1/C=N/NC(=O)COc1c(C)cc(I)cc1C. The fraction of sp³-hybridized carbons (Fsp3) is 0.222. The van der Waals surface area contributed by atoms with Crippen molar-refractivity contribution in [3.05, 3.63) is 53.5 Å². The van der Waals surface area contributed by atoms with Crippen LogP contribution in [0, 0.1) is 17.4 Å². The second-order valence-corrected chi connectivity index (χ2v) is 8.48. The Bertz CT molecular complexity index is 834. The quantitative estimate of drug-likeness (QED) is 0.291. The van der Waals surface area contributed by atoms with E-state index in [2.05, 4.69) is 65.0 Å². The van der Waals surface area contributed by atoms with Crippen LogP contribution in [0.1, 0.15) is 16.7 Å². The number of hydrogen-bond acceptors (Lipinski definition) is 4. The summed E-state index contributed by atoms with van der Waals surface area (Å²) in [6.07, 6.45) is 1.52. The molecular weight excluding hydrogens is 579 g/mol.